The Labute approximate surface area is 208 Å². The number of hydrogen-bond donors (Lipinski definition) is 3. The van der Waals surface area contributed by atoms with E-state index in [0.717, 1.165) is 15.7 Å². The zero-order valence-corrected chi connectivity index (χ0v) is 19.9. The van der Waals surface area contributed by atoms with Gasteiger partial charge in [-0.2, -0.15) is 20.1 Å². The van der Waals surface area contributed by atoms with Gasteiger partial charge >= 0.3 is 0 Å². The average molecular weight is 535 g/mol. The number of hydrazone groups is 1. The van der Waals surface area contributed by atoms with Crippen LogP contribution in [0.4, 0.5) is 34.9 Å². The van der Waals surface area contributed by atoms with Crippen LogP contribution in [0.25, 0.3) is 0 Å². The molecule has 0 aliphatic carbocycles. The van der Waals surface area contributed by atoms with Crippen LogP contribution in [0.3, 0.4) is 0 Å². The molecule has 0 unspecified atom stereocenters. The molecule has 176 valence electrons. The molecule has 0 saturated heterocycles. The Balaban J connectivity index is 1.59. The summed E-state index contributed by atoms with van der Waals surface area (Å²) in [4.78, 5) is 23.6. The van der Waals surface area contributed by atoms with Crippen LogP contribution in [0.1, 0.15) is 5.56 Å². The van der Waals surface area contributed by atoms with Crippen molar-refractivity contribution in [2.45, 2.75) is 0 Å². The Kier molecular flexibility index (Phi) is 7.43. The van der Waals surface area contributed by atoms with Crippen molar-refractivity contribution < 1.29 is 9.66 Å². The van der Waals surface area contributed by atoms with Crippen molar-refractivity contribution in [3.63, 3.8) is 0 Å². The maximum atomic E-state index is 10.9. The molecular weight excluding hydrogens is 516 g/mol. The molecule has 1 heterocycles. The highest BCUT2D eigenvalue weighted by molar-refractivity contribution is 9.10. The average Bonchev–Trinajstić information content (AvgIpc) is 2.85. The molecule has 0 spiro atoms. The molecule has 0 saturated carbocycles. The molecule has 0 atom stereocenters. The Morgan fingerprint density at radius 1 is 0.914 bits per heavy atom. The van der Waals surface area contributed by atoms with Crippen LogP contribution in [0, 0.1) is 10.1 Å². The highest BCUT2D eigenvalue weighted by Gasteiger charge is 2.09. The number of nitro benzene ring substituents is 1. The summed E-state index contributed by atoms with van der Waals surface area (Å²) in [6.07, 6.45) is 1.58. The molecule has 12 heteroatoms. The first-order valence-corrected chi connectivity index (χ1v) is 11.0. The molecule has 4 aromatic rings. The van der Waals surface area contributed by atoms with Crippen molar-refractivity contribution in [2.24, 2.45) is 5.10 Å². The number of methoxy groups -OCH3 is 1. The number of rotatable bonds is 9. The van der Waals surface area contributed by atoms with E-state index in [-0.39, 0.29) is 23.5 Å². The van der Waals surface area contributed by atoms with Crippen molar-refractivity contribution in [2.75, 3.05) is 23.2 Å². The quantitative estimate of drug-likeness (QED) is 0.144. The Morgan fingerprint density at radius 2 is 1.54 bits per heavy atom. The second kappa shape index (κ2) is 11.0. The molecule has 4 rings (SSSR count). The Morgan fingerprint density at radius 3 is 2.17 bits per heavy atom. The summed E-state index contributed by atoms with van der Waals surface area (Å²) in [7, 11) is 1.58. The van der Waals surface area contributed by atoms with E-state index in [0.29, 0.717) is 11.4 Å². The summed E-state index contributed by atoms with van der Waals surface area (Å²) in [6.45, 7) is 0. The van der Waals surface area contributed by atoms with Gasteiger partial charge in [-0.25, -0.2) is 5.43 Å². The van der Waals surface area contributed by atoms with E-state index < -0.39 is 4.92 Å². The molecule has 3 N–H and O–H groups in total. The van der Waals surface area contributed by atoms with Crippen molar-refractivity contribution in [1.82, 2.24) is 15.0 Å². The van der Waals surface area contributed by atoms with E-state index in [1.54, 1.807) is 25.5 Å². The minimum absolute atomic E-state index is 0.0164. The minimum Gasteiger partial charge on any atom is -0.496 e. The first-order valence-electron chi connectivity index (χ1n) is 10.2. The lowest BCUT2D eigenvalue weighted by Gasteiger charge is -2.10. The Bertz CT molecular complexity index is 1350. The van der Waals surface area contributed by atoms with Crippen LogP contribution in [-0.4, -0.2) is 33.2 Å². The number of ether oxygens (including phenoxy) is 1. The van der Waals surface area contributed by atoms with Gasteiger partial charge in [0.2, 0.25) is 17.8 Å². The maximum Gasteiger partial charge on any atom is 0.269 e. The van der Waals surface area contributed by atoms with Crippen molar-refractivity contribution in [3.8, 4) is 5.75 Å². The van der Waals surface area contributed by atoms with Gasteiger partial charge in [0, 0.05) is 33.5 Å². The highest BCUT2D eigenvalue weighted by atomic mass is 79.9. The number of benzene rings is 3. The fraction of sp³-hybridized carbons (Fsp3) is 0.0435. The molecule has 3 aromatic carbocycles. The minimum atomic E-state index is -0.463. The van der Waals surface area contributed by atoms with Gasteiger partial charge in [-0.05, 0) is 42.5 Å². The third-order valence-electron chi connectivity index (χ3n) is 4.56. The fourth-order valence-corrected chi connectivity index (χ4v) is 3.33. The SMILES string of the molecule is COc1ccc(Br)cc1/C=N/Nc1nc(Nc2ccccc2)nc(Nc2ccc([N+](=O)[O-])cc2)n1. The van der Waals surface area contributed by atoms with Gasteiger partial charge in [-0.1, -0.05) is 34.1 Å². The number of anilines is 5. The topological polar surface area (TPSA) is 139 Å². The van der Waals surface area contributed by atoms with E-state index in [1.165, 1.54) is 12.1 Å². The number of hydrogen-bond acceptors (Lipinski definition) is 10. The number of nitro groups is 1. The monoisotopic (exact) mass is 534 g/mol. The lowest BCUT2D eigenvalue weighted by atomic mass is 10.2. The molecule has 0 radical (unpaired) electrons. The highest BCUT2D eigenvalue weighted by Crippen LogP contribution is 2.22. The first kappa shape index (κ1) is 23.6. The number of nitrogens with zero attached hydrogens (tertiary/aromatic N) is 5. The van der Waals surface area contributed by atoms with E-state index in [9.17, 15) is 10.1 Å². The zero-order chi connectivity index (χ0) is 24.6. The van der Waals surface area contributed by atoms with Gasteiger partial charge in [0.05, 0.1) is 18.2 Å². The molecular formula is C23H19BrN8O3. The standard InChI is InChI=1S/C23H19BrN8O3/c1-35-20-12-7-16(24)13-15(20)14-25-31-23-29-21(26-17-5-3-2-4-6-17)28-22(30-23)27-18-8-10-19(11-9-18)32(33)34/h2-14H,1H3,(H3,26,27,28,29,30,31)/b25-14+. The molecule has 1 aromatic heterocycles. The van der Waals surface area contributed by atoms with Gasteiger partial charge < -0.3 is 15.4 Å². The molecule has 0 aliphatic rings. The van der Waals surface area contributed by atoms with Gasteiger partial charge in [0.15, 0.2) is 0 Å². The van der Waals surface area contributed by atoms with Gasteiger partial charge in [-0.15, -0.1) is 0 Å². The van der Waals surface area contributed by atoms with Crippen LogP contribution < -0.4 is 20.8 Å². The Hall–Kier alpha value is -4.58. The van der Waals surface area contributed by atoms with Crippen molar-refractivity contribution >= 4 is 57.1 Å². The zero-order valence-electron chi connectivity index (χ0n) is 18.3. The number of halogens is 1. The van der Waals surface area contributed by atoms with Crippen LogP contribution in [0.15, 0.2) is 82.4 Å². The molecule has 0 bridgehead atoms. The van der Waals surface area contributed by atoms with E-state index in [4.69, 9.17) is 4.74 Å². The summed E-state index contributed by atoms with van der Waals surface area (Å²) in [5.41, 5.74) is 4.89. The van der Waals surface area contributed by atoms with Gasteiger partial charge in [0.25, 0.3) is 5.69 Å². The smallest absolute Gasteiger partial charge is 0.269 e. The lowest BCUT2D eigenvalue weighted by molar-refractivity contribution is -0.384. The summed E-state index contributed by atoms with van der Waals surface area (Å²) < 4.78 is 6.23. The van der Waals surface area contributed by atoms with E-state index in [1.807, 2.05) is 48.5 Å². The van der Waals surface area contributed by atoms with Crippen molar-refractivity contribution in [1.29, 1.82) is 0 Å². The first-order chi connectivity index (χ1) is 17.0. The van der Waals surface area contributed by atoms with Gasteiger partial charge in [0.1, 0.15) is 5.75 Å². The van der Waals surface area contributed by atoms with Crippen LogP contribution in [0.2, 0.25) is 0 Å². The molecule has 0 aliphatic heterocycles. The summed E-state index contributed by atoms with van der Waals surface area (Å²) in [5.74, 6) is 1.31. The van der Waals surface area contributed by atoms with Crippen LogP contribution >= 0.6 is 15.9 Å². The summed E-state index contributed by atoms with van der Waals surface area (Å²) >= 11 is 3.43. The molecule has 11 nitrogen and oxygen atoms in total. The predicted octanol–water partition coefficient (Wildman–Crippen LogP) is 5.48. The summed E-state index contributed by atoms with van der Waals surface area (Å²) in [5, 5.41) is 21.3. The van der Waals surface area contributed by atoms with E-state index in [2.05, 4.69) is 52.0 Å². The van der Waals surface area contributed by atoms with Gasteiger partial charge in [-0.3, -0.25) is 10.1 Å². The second-order valence-electron chi connectivity index (χ2n) is 6.98. The molecule has 35 heavy (non-hydrogen) atoms. The van der Waals surface area contributed by atoms with Crippen molar-refractivity contribution in [3.05, 3.63) is 92.9 Å². The largest absolute Gasteiger partial charge is 0.496 e. The lowest BCUT2D eigenvalue weighted by Crippen LogP contribution is -2.07. The number of nitrogens with one attached hydrogen (secondary N) is 3. The van der Waals surface area contributed by atoms with E-state index >= 15 is 0 Å². The fourth-order valence-electron chi connectivity index (χ4n) is 2.95. The number of aromatic nitrogens is 3. The third-order valence-corrected chi connectivity index (χ3v) is 5.05. The number of non-ortho nitro benzene ring substituents is 1. The molecule has 0 fully saturated rings. The molecule has 0 amide bonds. The van der Waals surface area contributed by atoms with Crippen LogP contribution in [0.5, 0.6) is 5.75 Å². The maximum absolute atomic E-state index is 10.9. The number of para-hydroxylation sites is 1. The summed E-state index contributed by atoms with van der Waals surface area (Å²) in [6, 6.07) is 20.9. The second-order valence-corrected chi connectivity index (χ2v) is 7.90. The normalized spacial score (nSPS) is 10.7. The third kappa shape index (κ3) is 6.48. The van der Waals surface area contributed by atoms with Crippen LogP contribution in [-0.2, 0) is 0 Å². The predicted molar refractivity (Wildman–Crippen MR) is 138 cm³/mol.